The lowest BCUT2D eigenvalue weighted by Gasteiger charge is -2.23. The van der Waals surface area contributed by atoms with Crippen molar-refractivity contribution in [2.45, 2.75) is 45.3 Å². The molecule has 0 fully saturated rings. The fourth-order valence-electron chi connectivity index (χ4n) is 1.80. The van der Waals surface area contributed by atoms with Crippen molar-refractivity contribution in [3.63, 3.8) is 0 Å². The van der Waals surface area contributed by atoms with E-state index < -0.39 is 23.7 Å². The number of carbonyl (C=O) groups excluding carboxylic acids is 2. The first kappa shape index (κ1) is 17.8. The zero-order chi connectivity index (χ0) is 16.6. The van der Waals surface area contributed by atoms with Gasteiger partial charge in [0, 0.05) is 18.4 Å². The number of carboxylic acid groups (broad SMARTS) is 1. The largest absolute Gasteiger partial charge is 0.550 e. The van der Waals surface area contributed by atoms with Crippen LogP contribution in [0.3, 0.4) is 0 Å². The first-order chi connectivity index (χ1) is 10.3. The number of hydrogen-bond donors (Lipinski definition) is 1. The molecule has 5 heteroatoms. The lowest BCUT2D eigenvalue weighted by Crippen LogP contribution is -2.42. The molecule has 22 heavy (non-hydrogen) atoms. The topological polar surface area (TPSA) is 78.5 Å². The summed E-state index contributed by atoms with van der Waals surface area (Å²) in [5, 5.41) is 13.3. The number of carbonyl (C=O) groups is 2. The zero-order valence-electron chi connectivity index (χ0n) is 13.2. The second-order valence-corrected chi connectivity index (χ2v) is 5.97. The molecule has 0 heterocycles. The summed E-state index contributed by atoms with van der Waals surface area (Å²) in [5.74, 6) is -1.21. The number of nitrogens with one attached hydrogen (secondary N) is 1. The van der Waals surface area contributed by atoms with Crippen molar-refractivity contribution in [3.8, 4) is 0 Å². The number of ether oxygens (including phenoxy) is 1. The molecule has 0 aromatic heterocycles. The molecule has 1 rings (SSSR count). The Balaban J connectivity index is 2.59. The molecule has 120 valence electrons. The molecule has 0 unspecified atom stereocenters. The first-order valence-electron chi connectivity index (χ1n) is 7.17. The van der Waals surface area contributed by atoms with Crippen LogP contribution in [-0.4, -0.2) is 23.7 Å². The predicted molar refractivity (Wildman–Crippen MR) is 82.9 cm³/mol. The van der Waals surface area contributed by atoms with Crippen molar-refractivity contribution < 1.29 is 19.4 Å². The molecule has 0 aliphatic heterocycles. The Morgan fingerprint density at radius 3 is 2.45 bits per heavy atom. The number of carboxylic acids is 1. The van der Waals surface area contributed by atoms with Crippen LogP contribution in [-0.2, 0) is 9.53 Å². The molecule has 0 radical (unpaired) electrons. The van der Waals surface area contributed by atoms with Gasteiger partial charge in [-0.05, 0) is 32.8 Å². The second-order valence-electron chi connectivity index (χ2n) is 5.97. The third kappa shape index (κ3) is 8.09. The van der Waals surface area contributed by atoms with Gasteiger partial charge in [-0.25, -0.2) is 4.79 Å². The maximum Gasteiger partial charge on any atom is 0.407 e. The first-order valence-corrected chi connectivity index (χ1v) is 7.17. The standard InChI is InChI=1S/C17H23NO4/c1-17(2,3)22-16(21)18-14(12-15(19)20)11-7-10-13-8-5-4-6-9-13/h4-10,14H,11-12H2,1-3H3,(H,18,21)(H,19,20)/p-1/b10-7+/t14-/m1/s1. The highest BCUT2D eigenvalue weighted by Gasteiger charge is 2.19. The van der Waals surface area contributed by atoms with Crippen molar-refractivity contribution in [2.75, 3.05) is 0 Å². The fourth-order valence-corrected chi connectivity index (χ4v) is 1.80. The Kier molecular flexibility index (Phi) is 6.63. The molecule has 0 saturated carbocycles. The highest BCUT2D eigenvalue weighted by molar-refractivity contribution is 5.70. The van der Waals surface area contributed by atoms with Crippen LogP contribution in [0.1, 0.15) is 39.2 Å². The van der Waals surface area contributed by atoms with E-state index in [0.29, 0.717) is 6.42 Å². The molecule has 0 bridgehead atoms. The zero-order valence-corrected chi connectivity index (χ0v) is 13.2. The van der Waals surface area contributed by atoms with Crippen LogP contribution < -0.4 is 10.4 Å². The lowest BCUT2D eigenvalue weighted by atomic mass is 10.1. The van der Waals surface area contributed by atoms with Gasteiger partial charge in [-0.3, -0.25) is 0 Å². The minimum Gasteiger partial charge on any atom is -0.550 e. The van der Waals surface area contributed by atoms with Gasteiger partial charge < -0.3 is 20.0 Å². The minimum atomic E-state index is -1.21. The number of benzene rings is 1. The van der Waals surface area contributed by atoms with Crippen molar-refractivity contribution >= 4 is 18.1 Å². The van der Waals surface area contributed by atoms with E-state index in [9.17, 15) is 14.7 Å². The number of rotatable bonds is 6. The van der Waals surface area contributed by atoms with Crippen LogP contribution >= 0.6 is 0 Å². The highest BCUT2D eigenvalue weighted by atomic mass is 16.6. The van der Waals surface area contributed by atoms with Gasteiger partial charge in [-0.1, -0.05) is 42.5 Å². The van der Waals surface area contributed by atoms with Gasteiger partial charge in [0.05, 0.1) is 0 Å². The van der Waals surface area contributed by atoms with E-state index in [0.717, 1.165) is 5.56 Å². The summed E-state index contributed by atoms with van der Waals surface area (Å²) in [7, 11) is 0. The Labute approximate surface area is 131 Å². The predicted octanol–water partition coefficient (Wildman–Crippen LogP) is 2.12. The maximum atomic E-state index is 11.7. The van der Waals surface area contributed by atoms with Crippen molar-refractivity contribution in [2.24, 2.45) is 0 Å². The molecule has 1 amide bonds. The molecular weight excluding hydrogens is 282 g/mol. The van der Waals surface area contributed by atoms with Gasteiger partial charge in [0.1, 0.15) is 5.60 Å². The van der Waals surface area contributed by atoms with Gasteiger partial charge in [0.15, 0.2) is 0 Å². The van der Waals surface area contributed by atoms with Gasteiger partial charge in [0.2, 0.25) is 0 Å². The quantitative estimate of drug-likeness (QED) is 0.873. The van der Waals surface area contributed by atoms with E-state index in [4.69, 9.17) is 4.74 Å². The average Bonchev–Trinajstić information content (AvgIpc) is 2.36. The third-order valence-electron chi connectivity index (χ3n) is 2.66. The maximum absolute atomic E-state index is 11.7. The van der Waals surface area contributed by atoms with Crippen LogP contribution in [0.4, 0.5) is 4.79 Å². The van der Waals surface area contributed by atoms with Crippen LogP contribution in [0.2, 0.25) is 0 Å². The Morgan fingerprint density at radius 2 is 1.91 bits per heavy atom. The number of amides is 1. The number of alkyl carbamates (subject to hydrolysis) is 1. The molecule has 1 atom stereocenters. The van der Waals surface area contributed by atoms with E-state index in [2.05, 4.69) is 5.32 Å². The molecule has 0 saturated heterocycles. The summed E-state index contributed by atoms with van der Waals surface area (Å²) in [6, 6.07) is 9.05. The molecule has 5 nitrogen and oxygen atoms in total. The van der Waals surface area contributed by atoms with E-state index in [1.165, 1.54) is 0 Å². The van der Waals surface area contributed by atoms with E-state index in [1.54, 1.807) is 20.8 Å². The molecule has 1 aromatic carbocycles. The van der Waals surface area contributed by atoms with Gasteiger partial charge >= 0.3 is 6.09 Å². The summed E-state index contributed by atoms with van der Waals surface area (Å²) < 4.78 is 5.13. The Morgan fingerprint density at radius 1 is 1.27 bits per heavy atom. The fraction of sp³-hybridized carbons (Fsp3) is 0.412. The average molecular weight is 304 g/mol. The molecule has 0 spiro atoms. The smallest absolute Gasteiger partial charge is 0.407 e. The molecule has 0 aliphatic rings. The number of hydrogen-bond acceptors (Lipinski definition) is 4. The van der Waals surface area contributed by atoms with E-state index in [-0.39, 0.29) is 6.42 Å². The monoisotopic (exact) mass is 304 g/mol. The van der Waals surface area contributed by atoms with Crippen LogP contribution in [0.5, 0.6) is 0 Å². The minimum absolute atomic E-state index is 0.266. The van der Waals surface area contributed by atoms with Gasteiger partial charge in [-0.2, -0.15) is 0 Å². The van der Waals surface area contributed by atoms with Crippen molar-refractivity contribution in [1.82, 2.24) is 5.32 Å². The molecule has 0 aliphatic carbocycles. The van der Waals surface area contributed by atoms with Crippen LogP contribution in [0.15, 0.2) is 36.4 Å². The summed E-state index contributed by atoms with van der Waals surface area (Å²) in [6.45, 7) is 5.24. The molecular formula is C17H22NO4-. The summed E-state index contributed by atoms with van der Waals surface area (Å²) >= 11 is 0. The van der Waals surface area contributed by atoms with Crippen molar-refractivity contribution in [3.05, 3.63) is 42.0 Å². The number of aliphatic carboxylic acids is 1. The van der Waals surface area contributed by atoms with Crippen molar-refractivity contribution in [1.29, 1.82) is 0 Å². The highest BCUT2D eigenvalue weighted by Crippen LogP contribution is 2.09. The van der Waals surface area contributed by atoms with E-state index in [1.807, 2.05) is 42.5 Å². The Bertz CT molecular complexity index is 517. The summed E-state index contributed by atoms with van der Waals surface area (Å²) in [6.07, 6.45) is 3.17. The van der Waals surface area contributed by atoms with Crippen LogP contribution in [0, 0.1) is 0 Å². The van der Waals surface area contributed by atoms with Gasteiger partial charge in [-0.15, -0.1) is 0 Å². The van der Waals surface area contributed by atoms with E-state index >= 15 is 0 Å². The normalized spacial score (nSPS) is 12.9. The Hall–Kier alpha value is -2.30. The lowest BCUT2D eigenvalue weighted by molar-refractivity contribution is -0.306. The summed E-state index contributed by atoms with van der Waals surface area (Å²) in [5.41, 5.74) is 0.377. The van der Waals surface area contributed by atoms with Crippen LogP contribution in [0.25, 0.3) is 6.08 Å². The van der Waals surface area contributed by atoms with Gasteiger partial charge in [0.25, 0.3) is 0 Å². The molecule has 1 aromatic rings. The SMILES string of the molecule is CC(C)(C)OC(=O)N[C@H](C/C=C/c1ccccc1)CC(=O)[O-]. The third-order valence-corrected chi connectivity index (χ3v) is 2.66. The molecule has 1 N–H and O–H groups in total. The summed E-state index contributed by atoms with van der Waals surface area (Å²) in [4.78, 5) is 22.5. The second kappa shape index (κ2) is 8.22.